The Morgan fingerprint density at radius 2 is 2.00 bits per heavy atom. The Labute approximate surface area is 110 Å². The molecule has 1 amide bonds. The molecular formula is C15H24N2O. The van der Waals surface area contributed by atoms with Crippen molar-refractivity contribution < 1.29 is 4.79 Å². The van der Waals surface area contributed by atoms with Crippen LogP contribution in [-0.2, 0) is 11.2 Å². The van der Waals surface area contributed by atoms with E-state index >= 15 is 0 Å². The predicted molar refractivity (Wildman–Crippen MR) is 76.3 cm³/mol. The van der Waals surface area contributed by atoms with E-state index in [4.69, 9.17) is 5.73 Å². The number of rotatable bonds is 4. The molecule has 0 aromatic heterocycles. The third kappa shape index (κ3) is 5.21. The molecule has 1 rings (SSSR count). The minimum absolute atomic E-state index is 0.140. The maximum absolute atomic E-state index is 12.0. The monoisotopic (exact) mass is 248 g/mol. The normalized spacial score (nSPS) is 11.3. The van der Waals surface area contributed by atoms with Crippen molar-refractivity contribution in [1.29, 1.82) is 0 Å². The van der Waals surface area contributed by atoms with Crippen LogP contribution < -0.4 is 5.73 Å². The fourth-order valence-electron chi connectivity index (χ4n) is 1.99. The molecule has 3 heteroatoms. The highest BCUT2D eigenvalue weighted by molar-refractivity contribution is 5.76. The second-order valence-electron chi connectivity index (χ2n) is 6.06. The summed E-state index contributed by atoms with van der Waals surface area (Å²) >= 11 is 0. The number of carbonyl (C=O) groups excluding carboxylic acids is 1. The van der Waals surface area contributed by atoms with Gasteiger partial charge in [-0.15, -0.1) is 0 Å². The molecule has 100 valence electrons. The van der Waals surface area contributed by atoms with E-state index in [9.17, 15) is 4.79 Å². The van der Waals surface area contributed by atoms with Crippen LogP contribution >= 0.6 is 0 Å². The van der Waals surface area contributed by atoms with Crippen LogP contribution in [0, 0.1) is 5.41 Å². The number of aryl methyl sites for hydroxylation is 1. The number of hydrogen-bond donors (Lipinski definition) is 1. The number of nitrogen functional groups attached to an aromatic ring is 1. The number of carbonyl (C=O) groups is 1. The molecule has 2 N–H and O–H groups in total. The van der Waals surface area contributed by atoms with Crippen LogP contribution in [-0.4, -0.2) is 24.4 Å². The molecule has 0 atom stereocenters. The van der Waals surface area contributed by atoms with E-state index in [1.54, 1.807) is 0 Å². The van der Waals surface area contributed by atoms with Gasteiger partial charge in [0.15, 0.2) is 0 Å². The molecule has 0 saturated carbocycles. The molecule has 0 aliphatic heterocycles. The first kappa shape index (κ1) is 14.6. The Morgan fingerprint density at radius 1 is 1.33 bits per heavy atom. The van der Waals surface area contributed by atoms with Gasteiger partial charge in [0, 0.05) is 25.7 Å². The first-order valence-corrected chi connectivity index (χ1v) is 6.36. The van der Waals surface area contributed by atoms with Crippen molar-refractivity contribution in [3.63, 3.8) is 0 Å². The molecule has 0 aliphatic carbocycles. The van der Waals surface area contributed by atoms with Crippen molar-refractivity contribution in [1.82, 2.24) is 4.90 Å². The van der Waals surface area contributed by atoms with E-state index in [2.05, 4.69) is 20.8 Å². The Hall–Kier alpha value is -1.51. The van der Waals surface area contributed by atoms with E-state index in [0.717, 1.165) is 24.2 Å². The van der Waals surface area contributed by atoms with E-state index in [1.807, 2.05) is 36.2 Å². The number of nitrogens with zero attached hydrogens (tertiary/aromatic N) is 1. The summed E-state index contributed by atoms with van der Waals surface area (Å²) in [6.07, 6.45) is 1.29. The maximum atomic E-state index is 12.0. The lowest BCUT2D eigenvalue weighted by Crippen LogP contribution is -2.34. The summed E-state index contributed by atoms with van der Waals surface area (Å²) in [6, 6.07) is 7.72. The highest BCUT2D eigenvalue weighted by Crippen LogP contribution is 2.15. The van der Waals surface area contributed by atoms with Crippen LogP contribution in [0.1, 0.15) is 32.8 Å². The Balaban J connectivity index is 2.46. The molecule has 0 fully saturated rings. The third-order valence-electron chi connectivity index (χ3n) is 2.72. The van der Waals surface area contributed by atoms with Crippen molar-refractivity contribution in [2.24, 2.45) is 5.41 Å². The van der Waals surface area contributed by atoms with Crippen molar-refractivity contribution in [2.45, 2.75) is 33.6 Å². The molecular weight excluding hydrogens is 224 g/mol. The van der Waals surface area contributed by atoms with Crippen LogP contribution in [0.15, 0.2) is 24.3 Å². The molecule has 0 aliphatic rings. The average molecular weight is 248 g/mol. The van der Waals surface area contributed by atoms with Gasteiger partial charge in [-0.1, -0.05) is 32.9 Å². The molecule has 3 nitrogen and oxygen atoms in total. The predicted octanol–water partition coefficient (Wildman–Crippen LogP) is 2.71. The van der Waals surface area contributed by atoms with Crippen molar-refractivity contribution in [3.05, 3.63) is 29.8 Å². The van der Waals surface area contributed by atoms with Crippen LogP contribution in [0.25, 0.3) is 0 Å². The summed E-state index contributed by atoms with van der Waals surface area (Å²) < 4.78 is 0. The van der Waals surface area contributed by atoms with Crippen LogP contribution in [0.3, 0.4) is 0 Å². The van der Waals surface area contributed by atoms with Gasteiger partial charge in [-0.05, 0) is 29.5 Å². The summed E-state index contributed by atoms with van der Waals surface area (Å²) in [6.45, 7) is 7.18. The van der Waals surface area contributed by atoms with Crippen molar-refractivity contribution >= 4 is 11.6 Å². The number of amides is 1. The number of benzene rings is 1. The summed E-state index contributed by atoms with van der Waals surface area (Å²) in [7, 11) is 1.87. The van der Waals surface area contributed by atoms with E-state index in [1.165, 1.54) is 0 Å². The van der Waals surface area contributed by atoms with Gasteiger partial charge >= 0.3 is 0 Å². The van der Waals surface area contributed by atoms with Crippen LogP contribution in [0.2, 0.25) is 0 Å². The van der Waals surface area contributed by atoms with Gasteiger partial charge in [0.25, 0.3) is 0 Å². The molecule has 18 heavy (non-hydrogen) atoms. The van der Waals surface area contributed by atoms with Gasteiger partial charge in [-0.2, -0.15) is 0 Å². The molecule has 0 unspecified atom stereocenters. The van der Waals surface area contributed by atoms with Crippen molar-refractivity contribution in [2.75, 3.05) is 19.3 Å². The molecule has 0 heterocycles. The fourth-order valence-corrected chi connectivity index (χ4v) is 1.99. The molecule has 0 saturated heterocycles. The second kappa shape index (κ2) is 5.89. The highest BCUT2D eigenvalue weighted by Gasteiger charge is 2.17. The van der Waals surface area contributed by atoms with E-state index in [-0.39, 0.29) is 11.3 Å². The van der Waals surface area contributed by atoms with Gasteiger partial charge in [0.2, 0.25) is 5.91 Å². The molecule has 1 aromatic rings. The Morgan fingerprint density at radius 3 is 2.56 bits per heavy atom. The number of nitrogens with two attached hydrogens (primary N) is 1. The summed E-state index contributed by atoms with van der Waals surface area (Å²) in [5.74, 6) is 0.187. The lowest BCUT2D eigenvalue weighted by Gasteiger charge is -2.26. The highest BCUT2D eigenvalue weighted by atomic mass is 16.2. The zero-order chi connectivity index (χ0) is 13.8. The maximum Gasteiger partial charge on any atom is 0.222 e. The SMILES string of the molecule is CN(CC(C)(C)C)C(=O)CCc1cccc(N)c1. The van der Waals surface area contributed by atoms with Gasteiger partial charge in [-0.3, -0.25) is 4.79 Å². The van der Waals surface area contributed by atoms with Gasteiger partial charge in [0.1, 0.15) is 0 Å². The van der Waals surface area contributed by atoms with Gasteiger partial charge in [-0.25, -0.2) is 0 Å². The minimum Gasteiger partial charge on any atom is -0.399 e. The lowest BCUT2D eigenvalue weighted by atomic mass is 9.96. The smallest absolute Gasteiger partial charge is 0.222 e. The zero-order valence-electron chi connectivity index (χ0n) is 11.9. The van der Waals surface area contributed by atoms with Gasteiger partial charge in [0.05, 0.1) is 0 Å². The molecule has 0 radical (unpaired) electrons. The summed E-state index contributed by atoms with van der Waals surface area (Å²) in [5, 5.41) is 0. The minimum atomic E-state index is 0.140. The Bertz CT molecular complexity index is 407. The topological polar surface area (TPSA) is 46.3 Å². The van der Waals surface area contributed by atoms with Crippen LogP contribution in [0.5, 0.6) is 0 Å². The molecule has 0 bridgehead atoms. The van der Waals surface area contributed by atoms with Gasteiger partial charge < -0.3 is 10.6 Å². The first-order chi connectivity index (χ1) is 8.28. The van der Waals surface area contributed by atoms with E-state index < -0.39 is 0 Å². The molecule has 0 spiro atoms. The van der Waals surface area contributed by atoms with Crippen molar-refractivity contribution in [3.8, 4) is 0 Å². The first-order valence-electron chi connectivity index (χ1n) is 6.36. The largest absolute Gasteiger partial charge is 0.399 e. The summed E-state index contributed by atoms with van der Waals surface area (Å²) in [4.78, 5) is 13.8. The van der Waals surface area contributed by atoms with Crippen LogP contribution in [0.4, 0.5) is 5.69 Å². The molecule has 1 aromatic carbocycles. The fraction of sp³-hybridized carbons (Fsp3) is 0.533. The number of hydrogen-bond acceptors (Lipinski definition) is 2. The average Bonchev–Trinajstić information content (AvgIpc) is 2.23. The summed E-state index contributed by atoms with van der Waals surface area (Å²) in [5.41, 5.74) is 7.72. The number of anilines is 1. The Kier molecular flexibility index (Phi) is 4.76. The quantitative estimate of drug-likeness (QED) is 0.833. The second-order valence-corrected chi connectivity index (χ2v) is 6.06. The zero-order valence-corrected chi connectivity index (χ0v) is 11.9. The van der Waals surface area contributed by atoms with E-state index in [0.29, 0.717) is 6.42 Å². The standard InChI is InChI=1S/C15H24N2O/c1-15(2,3)11-17(4)14(18)9-8-12-6-5-7-13(16)10-12/h5-7,10H,8-9,11,16H2,1-4H3. The lowest BCUT2D eigenvalue weighted by molar-refractivity contribution is -0.131. The third-order valence-corrected chi connectivity index (χ3v) is 2.72.